The number of aromatic nitrogens is 2. The third-order valence-electron chi connectivity index (χ3n) is 5.11. The lowest BCUT2D eigenvalue weighted by Gasteiger charge is -2.13. The number of amides is 1. The molecule has 0 spiro atoms. The standard InChI is InChI=1S/C24H26N4O2S/c1-14(2)23(30)26-18-10-8-16(9-11-18)21(29)15(3)31-24-27-20-7-5-4-6-19(20)22(28-24)25-17-12-13-17/h4-11,14-15,17H,12-13H2,1-3H3,(H,26,30)(H,25,27,28). The minimum atomic E-state index is -0.342. The van der Waals surface area contributed by atoms with Crippen molar-refractivity contribution in [3.05, 3.63) is 54.1 Å². The molecule has 3 aromatic rings. The van der Waals surface area contributed by atoms with E-state index in [0.717, 1.165) is 29.6 Å². The Hall–Kier alpha value is -2.93. The summed E-state index contributed by atoms with van der Waals surface area (Å²) in [6.07, 6.45) is 2.31. The molecule has 7 heteroatoms. The van der Waals surface area contributed by atoms with Crippen LogP contribution in [0.15, 0.2) is 53.7 Å². The molecule has 1 amide bonds. The number of thioether (sulfide) groups is 1. The Morgan fingerprint density at radius 2 is 1.71 bits per heavy atom. The lowest BCUT2D eigenvalue weighted by Crippen LogP contribution is -2.18. The number of anilines is 2. The van der Waals surface area contributed by atoms with E-state index >= 15 is 0 Å². The van der Waals surface area contributed by atoms with E-state index in [0.29, 0.717) is 22.4 Å². The lowest BCUT2D eigenvalue weighted by atomic mass is 10.1. The van der Waals surface area contributed by atoms with Crippen molar-refractivity contribution in [1.29, 1.82) is 0 Å². The van der Waals surface area contributed by atoms with E-state index in [1.54, 1.807) is 24.3 Å². The topological polar surface area (TPSA) is 84.0 Å². The Balaban J connectivity index is 1.48. The van der Waals surface area contributed by atoms with Crippen LogP contribution >= 0.6 is 11.8 Å². The number of fused-ring (bicyclic) bond motifs is 1. The highest BCUT2D eigenvalue weighted by Gasteiger charge is 2.24. The van der Waals surface area contributed by atoms with Crippen LogP contribution in [-0.2, 0) is 4.79 Å². The van der Waals surface area contributed by atoms with Gasteiger partial charge in [0.1, 0.15) is 5.82 Å². The molecule has 6 nitrogen and oxygen atoms in total. The molecule has 1 saturated carbocycles. The van der Waals surface area contributed by atoms with Crippen LogP contribution in [0.5, 0.6) is 0 Å². The Kier molecular flexibility index (Phi) is 6.23. The van der Waals surface area contributed by atoms with Gasteiger partial charge in [0.15, 0.2) is 10.9 Å². The fourth-order valence-corrected chi connectivity index (χ4v) is 3.94. The fourth-order valence-electron chi connectivity index (χ4n) is 3.09. The first kappa shape index (κ1) is 21.3. The average molecular weight is 435 g/mol. The second kappa shape index (κ2) is 9.06. The number of para-hydroxylation sites is 1. The van der Waals surface area contributed by atoms with Crippen LogP contribution in [0.1, 0.15) is 44.0 Å². The average Bonchev–Trinajstić information content (AvgIpc) is 3.57. The maximum atomic E-state index is 12.9. The molecule has 4 rings (SSSR count). The molecule has 2 N–H and O–H groups in total. The van der Waals surface area contributed by atoms with Gasteiger partial charge in [-0.1, -0.05) is 37.7 Å². The molecule has 1 atom stereocenters. The molecule has 1 unspecified atom stereocenters. The quantitative estimate of drug-likeness (QED) is 0.289. The van der Waals surface area contributed by atoms with Gasteiger partial charge in [0.2, 0.25) is 5.91 Å². The molecule has 1 heterocycles. The highest BCUT2D eigenvalue weighted by Crippen LogP contribution is 2.31. The number of Topliss-reactive ketones (excluding diaryl/α,β-unsaturated/α-hetero) is 1. The summed E-state index contributed by atoms with van der Waals surface area (Å²) < 4.78 is 0. The van der Waals surface area contributed by atoms with Crippen molar-refractivity contribution in [2.75, 3.05) is 10.6 Å². The number of hydrogen-bond acceptors (Lipinski definition) is 6. The molecular formula is C24H26N4O2S. The summed E-state index contributed by atoms with van der Waals surface area (Å²) in [6.45, 7) is 5.55. The summed E-state index contributed by atoms with van der Waals surface area (Å²) in [5.41, 5.74) is 2.15. The van der Waals surface area contributed by atoms with E-state index in [1.807, 2.05) is 45.0 Å². The van der Waals surface area contributed by atoms with Crippen molar-refractivity contribution < 1.29 is 9.59 Å². The molecule has 1 fully saturated rings. The SMILES string of the molecule is CC(C)C(=O)Nc1ccc(C(=O)C(C)Sc2nc(NC3CC3)c3ccccc3n2)cc1. The van der Waals surface area contributed by atoms with Gasteiger partial charge in [-0.3, -0.25) is 9.59 Å². The first-order chi connectivity index (χ1) is 14.9. The summed E-state index contributed by atoms with van der Waals surface area (Å²) in [5, 5.41) is 7.56. The third-order valence-corrected chi connectivity index (χ3v) is 6.07. The Morgan fingerprint density at radius 1 is 1.00 bits per heavy atom. The molecule has 31 heavy (non-hydrogen) atoms. The van der Waals surface area contributed by atoms with E-state index in [1.165, 1.54) is 11.8 Å². The number of benzene rings is 2. The first-order valence-corrected chi connectivity index (χ1v) is 11.4. The van der Waals surface area contributed by atoms with Gasteiger partial charge in [0.25, 0.3) is 0 Å². The van der Waals surface area contributed by atoms with Crippen LogP contribution < -0.4 is 10.6 Å². The summed E-state index contributed by atoms with van der Waals surface area (Å²) >= 11 is 1.36. The second-order valence-electron chi connectivity index (χ2n) is 8.14. The number of nitrogens with one attached hydrogen (secondary N) is 2. The van der Waals surface area contributed by atoms with Gasteiger partial charge in [-0.05, 0) is 56.2 Å². The smallest absolute Gasteiger partial charge is 0.226 e. The van der Waals surface area contributed by atoms with Crippen molar-refractivity contribution in [2.45, 2.75) is 50.1 Å². The predicted octanol–water partition coefficient (Wildman–Crippen LogP) is 5.16. The fraction of sp³-hybridized carbons (Fsp3) is 0.333. The van der Waals surface area contributed by atoms with E-state index < -0.39 is 0 Å². The van der Waals surface area contributed by atoms with E-state index in [9.17, 15) is 9.59 Å². The number of nitrogens with zero attached hydrogens (tertiary/aromatic N) is 2. The van der Waals surface area contributed by atoms with Gasteiger partial charge in [-0.25, -0.2) is 9.97 Å². The molecule has 1 aliphatic carbocycles. The zero-order chi connectivity index (χ0) is 22.0. The normalized spacial score (nSPS) is 14.5. The zero-order valence-electron chi connectivity index (χ0n) is 17.9. The van der Waals surface area contributed by atoms with Crippen molar-refractivity contribution in [3.8, 4) is 0 Å². The molecule has 0 saturated heterocycles. The molecule has 0 aliphatic heterocycles. The first-order valence-electron chi connectivity index (χ1n) is 10.6. The van der Waals surface area contributed by atoms with Gasteiger partial charge in [-0.2, -0.15) is 0 Å². The largest absolute Gasteiger partial charge is 0.367 e. The van der Waals surface area contributed by atoms with E-state index in [2.05, 4.69) is 15.6 Å². The molecular weight excluding hydrogens is 408 g/mol. The van der Waals surface area contributed by atoms with Crippen LogP contribution in [0.2, 0.25) is 0 Å². The van der Waals surface area contributed by atoms with Crippen LogP contribution in [0.3, 0.4) is 0 Å². The monoisotopic (exact) mass is 434 g/mol. The predicted molar refractivity (Wildman–Crippen MR) is 126 cm³/mol. The van der Waals surface area contributed by atoms with Crippen molar-refractivity contribution in [2.24, 2.45) is 5.92 Å². The minimum Gasteiger partial charge on any atom is -0.367 e. The van der Waals surface area contributed by atoms with Crippen molar-refractivity contribution in [3.63, 3.8) is 0 Å². The molecule has 0 bridgehead atoms. The molecule has 160 valence electrons. The zero-order valence-corrected chi connectivity index (χ0v) is 18.7. The third kappa shape index (κ3) is 5.22. The number of rotatable bonds is 8. The highest BCUT2D eigenvalue weighted by atomic mass is 32.2. The van der Waals surface area contributed by atoms with Gasteiger partial charge in [-0.15, -0.1) is 0 Å². The molecule has 0 radical (unpaired) electrons. The number of hydrogen-bond donors (Lipinski definition) is 2. The lowest BCUT2D eigenvalue weighted by molar-refractivity contribution is -0.118. The summed E-state index contributed by atoms with van der Waals surface area (Å²) in [5.74, 6) is 0.687. The Bertz CT molecular complexity index is 1110. The van der Waals surface area contributed by atoms with Gasteiger partial charge in [0, 0.05) is 28.6 Å². The summed E-state index contributed by atoms with van der Waals surface area (Å²) in [7, 11) is 0. The minimum absolute atomic E-state index is 0.000182. The highest BCUT2D eigenvalue weighted by molar-refractivity contribution is 8.00. The maximum Gasteiger partial charge on any atom is 0.226 e. The molecule has 1 aliphatic rings. The number of carbonyl (C=O) groups excluding carboxylic acids is 2. The molecule has 1 aromatic heterocycles. The number of ketones is 1. The second-order valence-corrected chi connectivity index (χ2v) is 9.44. The van der Waals surface area contributed by atoms with Gasteiger partial charge < -0.3 is 10.6 Å². The molecule has 2 aromatic carbocycles. The number of carbonyl (C=O) groups is 2. The maximum absolute atomic E-state index is 12.9. The Morgan fingerprint density at radius 3 is 2.39 bits per heavy atom. The van der Waals surface area contributed by atoms with Crippen LogP contribution in [0.4, 0.5) is 11.5 Å². The van der Waals surface area contributed by atoms with Gasteiger partial charge in [0.05, 0.1) is 10.8 Å². The summed E-state index contributed by atoms with van der Waals surface area (Å²) in [4.78, 5) is 34.1. The van der Waals surface area contributed by atoms with Gasteiger partial charge >= 0.3 is 0 Å². The van der Waals surface area contributed by atoms with Crippen molar-refractivity contribution >= 4 is 45.9 Å². The summed E-state index contributed by atoms with van der Waals surface area (Å²) in [6, 6.07) is 15.4. The van der Waals surface area contributed by atoms with Crippen LogP contribution in [-0.4, -0.2) is 33.0 Å². The van der Waals surface area contributed by atoms with Crippen molar-refractivity contribution in [1.82, 2.24) is 9.97 Å². The van der Waals surface area contributed by atoms with E-state index in [-0.39, 0.29) is 22.9 Å². The van der Waals surface area contributed by atoms with E-state index in [4.69, 9.17) is 4.98 Å². The van der Waals surface area contributed by atoms with Crippen LogP contribution in [0.25, 0.3) is 10.9 Å². The van der Waals surface area contributed by atoms with Crippen LogP contribution in [0, 0.1) is 5.92 Å². The Labute approximate surface area is 186 Å².